The summed E-state index contributed by atoms with van der Waals surface area (Å²) in [6.45, 7) is 5.04. The summed E-state index contributed by atoms with van der Waals surface area (Å²) in [7, 11) is 0. The maximum absolute atomic E-state index is 15.0. The lowest BCUT2D eigenvalue weighted by molar-refractivity contribution is -0.140. The van der Waals surface area contributed by atoms with Gasteiger partial charge in [-0.3, -0.25) is 24.1 Å². The second-order valence-electron chi connectivity index (χ2n) is 9.53. The van der Waals surface area contributed by atoms with Gasteiger partial charge in [0.2, 0.25) is 0 Å². The van der Waals surface area contributed by atoms with E-state index in [1.54, 1.807) is 4.90 Å². The lowest BCUT2D eigenvalue weighted by atomic mass is 9.65. The summed E-state index contributed by atoms with van der Waals surface area (Å²) < 4.78 is 15.0. The predicted octanol–water partition coefficient (Wildman–Crippen LogP) is 4.15. The first-order chi connectivity index (χ1) is 16.0. The minimum atomic E-state index is -1.35. The molecule has 1 saturated heterocycles. The number of aliphatic carboxylic acids is 1. The molecule has 0 bridgehead atoms. The number of anilines is 1. The smallest absolute Gasteiger partial charge is 0.323 e. The maximum Gasteiger partial charge on any atom is 0.323 e. The van der Waals surface area contributed by atoms with Crippen LogP contribution in [-0.2, 0) is 19.8 Å². The van der Waals surface area contributed by atoms with Gasteiger partial charge in [0.1, 0.15) is 12.4 Å². The molecule has 2 aromatic carbocycles. The van der Waals surface area contributed by atoms with Crippen molar-refractivity contribution in [3.63, 3.8) is 0 Å². The van der Waals surface area contributed by atoms with E-state index in [2.05, 4.69) is 0 Å². The molecule has 5 rings (SSSR count). The molecule has 3 amide bonds. The molecule has 1 fully saturated rings. The van der Waals surface area contributed by atoms with Crippen LogP contribution in [0.5, 0.6) is 0 Å². The highest BCUT2D eigenvalue weighted by molar-refractivity contribution is 8.18. The van der Waals surface area contributed by atoms with Crippen molar-refractivity contribution >= 4 is 46.0 Å². The van der Waals surface area contributed by atoms with Crippen molar-refractivity contribution in [3.05, 3.63) is 69.9 Å². The molecule has 1 unspecified atom stereocenters. The number of carbonyl (C=O) groups excluding carboxylic acids is 3. The number of amides is 3. The van der Waals surface area contributed by atoms with E-state index in [1.807, 2.05) is 51.1 Å². The fraction of sp³-hybridized carbons (Fsp3) is 0.280. The van der Waals surface area contributed by atoms with Crippen molar-refractivity contribution in [1.29, 1.82) is 0 Å². The van der Waals surface area contributed by atoms with Crippen LogP contribution >= 0.6 is 11.8 Å². The summed E-state index contributed by atoms with van der Waals surface area (Å²) >= 11 is 0.513. The van der Waals surface area contributed by atoms with Crippen molar-refractivity contribution in [2.45, 2.75) is 38.1 Å². The number of carbonyl (C=O) groups is 4. The van der Waals surface area contributed by atoms with Gasteiger partial charge in [-0.15, -0.1) is 0 Å². The highest BCUT2D eigenvalue weighted by Gasteiger charge is 2.54. The van der Waals surface area contributed by atoms with E-state index in [-0.39, 0.29) is 16.0 Å². The summed E-state index contributed by atoms with van der Waals surface area (Å²) in [4.78, 5) is 52.3. The molecular weight excluding hydrogens is 459 g/mol. The van der Waals surface area contributed by atoms with E-state index >= 15 is 4.39 Å². The van der Waals surface area contributed by atoms with Gasteiger partial charge in [-0.05, 0) is 55.3 Å². The van der Waals surface area contributed by atoms with Crippen LogP contribution < -0.4 is 4.90 Å². The Labute approximate surface area is 199 Å². The van der Waals surface area contributed by atoms with Gasteiger partial charge in [-0.25, -0.2) is 4.39 Å². The Balaban J connectivity index is 1.78. The molecule has 0 aromatic heterocycles. The normalized spacial score (nSPS) is 25.2. The average molecular weight is 481 g/mol. The first kappa shape index (κ1) is 22.3. The molecule has 174 valence electrons. The first-order valence-corrected chi connectivity index (χ1v) is 11.5. The molecule has 34 heavy (non-hydrogen) atoms. The van der Waals surface area contributed by atoms with Gasteiger partial charge in [-0.1, -0.05) is 37.3 Å². The highest BCUT2D eigenvalue weighted by atomic mass is 32.2. The van der Waals surface area contributed by atoms with E-state index in [1.165, 1.54) is 12.1 Å². The van der Waals surface area contributed by atoms with Crippen LogP contribution in [0.3, 0.4) is 0 Å². The predicted molar refractivity (Wildman–Crippen MR) is 125 cm³/mol. The number of hydrogen-bond donors (Lipinski definition) is 1. The molecule has 2 aromatic rings. The van der Waals surface area contributed by atoms with E-state index in [4.69, 9.17) is 5.11 Å². The summed E-state index contributed by atoms with van der Waals surface area (Å²) in [6.07, 6.45) is 0.499. The number of thioether (sulfide) groups is 1. The van der Waals surface area contributed by atoms with Crippen LogP contribution in [0.1, 0.15) is 43.9 Å². The molecule has 7 nitrogen and oxygen atoms in total. The number of hydrogen-bond acceptors (Lipinski definition) is 5. The molecule has 1 atom stereocenters. The van der Waals surface area contributed by atoms with Gasteiger partial charge in [0.25, 0.3) is 17.1 Å². The number of nitrogens with zero attached hydrogens (tertiary/aromatic N) is 2. The maximum atomic E-state index is 15.0. The topological polar surface area (TPSA) is 95.0 Å². The number of benzene rings is 2. The number of carboxylic acid groups (broad SMARTS) is 1. The fourth-order valence-electron chi connectivity index (χ4n) is 5.50. The summed E-state index contributed by atoms with van der Waals surface area (Å²) in [5.41, 5.74) is 0.994. The van der Waals surface area contributed by atoms with Crippen LogP contribution in [0.2, 0.25) is 0 Å². The van der Waals surface area contributed by atoms with Gasteiger partial charge in [-0.2, -0.15) is 0 Å². The zero-order valence-electron chi connectivity index (χ0n) is 18.7. The quantitative estimate of drug-likeness (QED) is 0.664. The summed E-state index contributed by atoms with van der Waals surface area (Å²) in [6, 6.07) is 12.3. The largest absolute Gasteiger partial charge is 0.480 e. The zero-order chi connectivity index (χ0) is 24.6. The summed E-state index contributed by atoms with van der Waals surface area (Å²) in [5, 5.41) is 8.29. The zero-order valence-corrected chi connectivity index (χ0v) is 19.5. The van der Waals surface area contributed by atoms with Gasteiger partial charge in [0.15, 0.2) is 0 Å². The Morgan fingerprint density at radius 1 is 1.09 bits per heavy atom. The Morgan fingerprint density at radius 2 is 1.76 bits per heavy atom. The van der Waals surface area contributed by atoms with E-state index < -0.39 is 46.3 Å². The fourth-order valence-corrected chi connectivity index (χ4v) is 6.43. The van der Waals surface area contributed by atoms with Gasteiger partial charge >= 0.3 is 5.97 Å². The minimum absolute atomic E-state index is 0.0580. The van der Waals surface area contributed by atoms with Crippen LogP contribution in [-0.4, -0.2) is 45.1 Å². The Morgan fingerprint density at radius 3 is 2.41 bits per heavy atom. The second kappa shape index (κ2) is 7.27. The monoisotopic (exact) mass is 480 g/mol. The third-order valence-electron chi connectivity index (χ3n) is 6.75. The highest BCUT2D eigenvalue weighted by Crippen LogP contribution is 2.57. The van der Waals surface area contributed by atoms with E-state index in [0.717, 1.165) is 5.56 Å². The molecular formula is C25H21FN2O5S. The average Bonchev–Trinajstić information content (AvgIpc) is 3.20. The molecule has 0 radical (unpaired) electrons. The van der Waals surface area contributed by atoms with E-state index in [9.17, 15) is 19.2 Å². The Kier molecular flexibility index (Phi) is 4.77. The lowest BCUT2D eigenvalue weighted by Crippen LogP contribution is -2.54. The lowest BCUT2D eigenvalue weighted by Gasteiger charge is -2.49. The second-order valence-corrected chi connectivity index (χ2v) is 10.5. The molecule has 3 aliphatic rings. The third kappa shape index (κ3) is 3.03. The molecule has 3 aliphatic heterocycles. The number of carboxylic acids is 1. The molecule has 3 heterocycles. The number of halogens is 1. The van der Waals surface area contributed by atoms with Gasteiger partial charge in [0.05, 0.1) is 16.2 Å². The molecule has 1 N–H and O–H groups in total. The van der Waals surface area contributed by atoms with Gasteiger partial charge in [0, 0.05) is 16.5 Å². The Bertz CT molecular complexity index is 1340. The van der Waals surface area contributed by atoms with Crippen LogP contribution in [0.25, 0.3) is 5.57 Å². The minimum Gasteiger partial charge on any atom is -0.480 e. The van der Waals surface area contributed by atoms with Crippen molar-refractivity contribution < 1.29 is 28.7 Å². The molecule has 0 aliphatic carbocycles. The molecule has 0 spiro atoms. The van der Waals surface area contributed by atoms with Crippen LogP contribution in [0.4, 0.5) is 14.9 Å². The molecule has 0 saturated carbocycles. The van der Waals surface area contributed by atoms with Gasteiger partial charge < -0.3 is 10.0 Å². The Hall–Kier alpha value is -3.46. The first-order valence-electron chi connectivity index (χ1n) is 10.7. The van der Waals surface area contributed by atoms with Crippen molar-refractivity contribution in [3.8, 4) is 0 Å². The standard InChI is InChI=1S/C25H21FN2O5S/c1-24(2)12-25(3,13-7-5-4-6-8-13)16-10-14(26)9-15-18(21(31)28(24)19(15)16)20-22(32)27(11-17(29)30)23(33)34-20/h4-10H,11-12H2,1-3H3,(H,29,30)/b20-18-. The number of imide groups is 1. The third-order valence-corrected chi connectivity index (χ3v) is 7.73. The summed E-state index contributed by atoms with van der Waals surface area (Å²) in [5.74, 6) is -3.27. The van der Waals surface area contributed by atoms with Crippen molar-refractivity contribution in [2.75, 3.05) is 11.4 Å². The van der Waals surface area contributed by atoms with Crippen molar-refractivity contribution in [2.24, 2.45) is 0 Å². The van der Waals surface area contributed by atoms with Crippen LogP contribution in [0.15, 0.2) is 47.4 Å². The van der Waals surface area contributed by atoms with Crippen LogP contribution in [0, 0.1) is 5.82 Å². The SMILES string of the molecule is CC1(c2ccccc2)CC(C)(C)N2C(=O)/C(=C3\SC(=O)N(CC(=O)O)C3=O)c3cc(F)cc1c32. The molecule has 9 heteroatoms. The van der Waals surface area contributed by atoms with Crippen molar-refractivity contribution in [1.82, 2.24) is 4.90 Å². The number of rotatable bonds is 3. The van der Waals surface area contributed by atoms with E-state index in [0.29, 0.717) is 34.3 Å².